The van der Waals surface area contributed by atoms with Gasteiger partial charge in [0.05, 0.1) is 3.57 Å². The van der Waals surface area contributed by atoms with Gasteiger partial charge in [-0.15, -0.1) is 0 Å². The first kappa shape index (κ1) is 11.7. The molecule has 0 aliphatic rings. The number of aromatic nitrogens is 2. The Morgan fingerprint density at radius 3 is 2.64 bits per heavy atom. The van der Waals surface area contributed by atoms with E-state index in [0.717, 1.165) is 15.8 Å². The normalized spacial score (nSPS) is 11.5. The van der Waals surface area contributed by atoms with Crippen molar-refractivity contribution >= 4 is 28.4 Å². The second-order valence-corrected chi connectivity index (χ2v) is 5.08. The van der Waals surface area contributed by atoms with Crippen molar-refractivity contribution in [1.82, 2.24) is 9.97 Å². The van der Waals surface area contributed by atoms with E-state index in [1.807, 2.05) is 6.20 Å². The number of nitrogens with zero attached hydrogens (tertiary/aromatic N) is 3. The molecule has 0 radical (unpaired) electrons. The molecule has 1 aromatic rings. The topological polar surface area (TPSA) is 29.0 Å². The van der Waals surface area contributed by atoms with Crippen molar-refractivity contribution in [2.24, 2.45) is 0 Å². The van der Waals surface area contributed by atoms with Gasteiger partial charge in [-0.25, -0.2) is 9.97 Å². The van der Waals surface area contributed by atoms with Gasteiger partial charge in [0.1, 0.15) is 12.1 Å². The quantitative estimate of drug-likeness (QED) is 0.804. The number of hydrogen-bond donors (Lipinski definition) is 0. The van der Waals surface area contributed by atoms with Crippen molar-refractivity contribution in [2.75, 3.05) is 11.9 Å². The highest BCUT2D eigenvalue weighted by Crippen LogP contribution is 2.25. The van der Waals surface area contributed by atoms with E-state index in [1.165, 1.54) is 0 Å². The Kier molecular flexibility index (Phi) is 3.69. The predicted octanol–water partition coefficient (Wildman–Crippen LogP) is 2.71. The third-order valence-corrected chi connectivity index (χ3v) is 3.50. The lowest BCUT2D eigenvalue weighted by Crippen LogP contribution is -2.41. The molecule has 0 aliphatic carbocycles. The smallest absolute Gasteiger partial charge is 0.145 e. The fourth-order valence-electron chi connectivity index (χ4n) is 1.08. The number of rotatable bonds is 3. The lowest BCUT2D eigenvalue weighted by atomic mass is 10.0. The van der Waals surface area contributed by atoms with Crippen LogP contribution >= 0.6 is 22.6 Å². The molecule has 0 fully saturated rings. The van der Waals surface area contributed by atoms with Gasteiger partial charge in [-0.1, -0.05) is 6.92 Å². The lowest BCUT2D eigenvalue weighted by molar-refractivity contribution is 0.466. The molecular weight excluding hydrogens is 289 g/mol. The molecule has 0 amide bonds. The Morgan fingerprint density at radius 2 is 2.14 bits per heavy atom. The molecule has 14 heavy (non-hydrogen) atoms. The van der Waals surface area contributed by atoms with E-state index >= 15 is 0 Å². The molecule has 0 bridgehead atoms. The average Bonchev–Trinajstić information content (AvgIpc) is 2.17. The highest BCUT2D eigenvalue weighted by Gasteiger charge is 2.23. The van der Waals surface area contributed by atoms with E-state index < -0.39 is 0 Å². The number of halogens is 1. The van der Waals surface area contributed by atoms with Gasteiger partial charge < -0.3 is 4.90 Å². The molecular formula is C10H16IN3. The molecule has 1 rings (SSSR count). The maximum Gasteiger partial charge on any atom is 0.145 e. The molecule has 0 aromatic carbocycles. The Morgan fingerprint density at radius 1 is 1.50 bits per heavy atom. The monoisotopic (exact) mass is 305 g/mol. The van der Waals surface area contributed by atoms with Crippen LogP contribution in [0.5, 0.6) is 0 Å². The first-order valence-corrected chi connectivity index (χ1v) is 5.76. The Labute approximate surface area is 99.1 Å². The van der Waals surface area contributed by atoms with E-state index in [-0.39, 0.29) is 5.54 Å². The average molecular weight is 305 g/mol. The van der Waals surface area contributed by atoms with Gasteiger partial charge in [0, 0.05) is 18.8 Å². The molecule has 0 saturated carbocycles. The molecule has 0 aliphatic heterocycles. The molecule has 0 N–H and O–H groups in total. The number of anilines is 1. The van der Waals surface area contributed by atoms with Crippen LogP contribution in [0.1, 0.15) is 27.2 Å². The van der Waals surface area contributed by atoms with Gasteiger partial charge >= 0.3 is 0 Å². The molecule has 0 unspecified atom stereocenters. The SMILES string of the molecule is CCC(C)(C)N(C)c1ncncc1I. The predicted molar refractivity (Wildman–Crippen MR) is 67.5 cm³/mol. The Balaban J connectivity index is 3.00. The summed E-state index contributed by atoms with van der Waals surface area (Å²) in [6, 6.07) is 0. The minimum absolute atomic E-state index is 0.133. The summed E-state index contributed by atoms with van der Waals surface area (Å²) >= 11 is 2.27. The van der Waals surface area contributed by atoms with Crippen LogP contribution in [0.15, 0.2) is 12.5 Å². The van der Waals surface area contributed by atoms with Crippen LogP contribution in [-0.4, -0.2) is 22.6 Å². The molecule has 0 spiro atoms. The van der Waals surface area contributed by atoms with Crippen LogP contribution in [0.25, 0.3) is 0 Å². The van der Waals surface area contributed by atoms with Gasteiger partial charge in [-0.3, -0.25) is 0 Å². The first-order valence-electron chi connectivity index (χ1n) is 4.68. The Bertz CT molecular complexity index is 312. The summed E-state index contributed by atoms with van der Waals surface area (Å²) < 4.78 is 1.09. The standard InChI is InChI=1S/C10H16IN3/c1-5-10(2,3)14(4)9-8(11)6-12-7-13-9/h6-7H,5H2,1-4H3. The molecule has 0 atom stereocenters. The van der Waals surface area contributed by atoms with Crippen molar-refractivity contribution < 1.29 is 0 Å². The zero-order chi connectivity index (χ0) is 10.8. The molecule has 1 aromatic heterocycles. The summed E-state index contributed by atoms with van der Waals surface area (Å²) in [7, 11) is 2.08. The molecule has 78 valence electrons. The van der Waals surface area contributed by atoms with Crippen LogP contribution in [0.2, 0.25) is 0 Å². The van der Waals surface area contributed by atoms with E-state index in [9.17, 15) is 0 Å². The van der Waals surface area contributed by atoms with Crippen molar-refractivity contribution in [3.63, 3.8) is 0 Å². The van der Waals surface area contributed by atoms with Crippen LogP contribution in [0, 0.1) is 3.57 Å². The van der Waals surface area contributed by atoms with Gasteiger partial charge in [0.2, 0.25) is 0 Å². The maximum atomic E-state index is 4.30. The minimum Gasteiger partial charge on any atom is -0.354 e. The molecule has 0 saturated heterocycles. The molecule has 1 heterocycles. The maximum absolute atomic E-state index is 4.30. The summed E-state index contributed by atoms with van der Waals surface area (Å²) in [6.45, 7) is 6.61. The van der Waals surface area contributed by atoms with Crippen LogP contribution in [-0.2, 0) is 0 Å². The van der Waals surface area contributed by atoms with E-state index in [4.69, 9.17) is 0 Å². The van der Waals surface area contributed by atoms with Crippen LogP contribution < -0.4 is 4.90 Å². The second kappa shape index (κ2) is 4.42. The van der Waals surface area contributed by atoms with Crippen molar-refractivity contribution in [1.29, 1.82) is 0 Å². The Hall–Kier alpha value is -0.390. The van der Waals surface area contributed by atoms with Crippen molar-refractivity contribution in [2.45, 2.75) is 32.7 Å². The zero-order valence-corrected chi connectivity index (χ0v) is 11.2. The lowest BCUT2D eigenvalue weighted by Gasteiger charge is -2.36. The second-order valence-electron chi connectivity index (χ2n) is 3.92. The summed E-state index contributed by atoms with van der Waals surface area (Å²) in [6.07, 6.45) is 4.52. The highest BCUT2D eigenvalue weighted by atomic mass is 127. The largest absolute Gasteiger partial charge is 0.354 e. The zero-order valence-electron chi connectivity index (χ0n) is 9.08. The third-order valence-electron chi connectivity index (χ3n) is 2.74. The molecule has 3 nitrogen and oxygen atoms in total. The van der Waals surface area contributed by atoms with Crippen LogP contribution in [0.4, 0.5) is 5.82 Å². The highest BCUT2D eigenvalue weighted by molar-refractivity contribution is 14.1. The van der Waals surface area contributed by atoms with Gasteiger partial charge in [0.15, 0.2) is 0 Å². The van der Waals surface area contributed by atoms with Gasteiger partial charge in [-0.05, 0) is 42.9 Å². The summed E-state index contributed by atoms with van der Waals surface area (Å²) in [4.78, 5) is 10.5. The molecule has 4 heteroatoms. The summed E-state index contributed by atoms with van der Waals surface area (Å²) in [5.74, 6) is 1.01. The van der Waals surface area contributed by atoms with E-state index in [0.29, 0.717) is 0 Å². The summed E-state index contributed by atoms with van der Waals surface area (Å²) in [5.41, 5.74) is 0.133. The summed E-state index contributed by atoms with van der Waals surface area (Å²) in [5, 5.41) is 0. The van der Waals surface area contributed by atoms with Crippen molar-refractivity contribution in [3.8, 4) is 0 Å². The number of hydrogen-bond acceptors (Lipinski definition) is 3. The van der Waals surface area contributed by atoms with Gasteiger partial charge in [-0.2, -0.15) is 0 Å². The first-order chi connectivity index (χ1) is 6.49. The minimum atomic E-state index is 0.133. The third kappa shape index (κ3) is 2.34. The van der Waals surface area contributed by atoms with Crippen molar-refractivity contribution in [3.05, 3.63) is 16.1 Å². The van der Waals surface area contributed by atoms with Crippen LogP contribution in [0.3, 0.4) is 0 Å². The van der Waals surface area contributed by atoms with E-state index in [2.05, 4.69) is 65.3 Å². The fourth-order valence-corrected chi connectivity index (χ4v) is 1.74. The van der Waals surface area contributed by atoms with E-state index in [1.54, 1.807) is 6.33 Å². The fraction of sp³-hybridized carbons (Fsp3) is 0.600. The van der Waals surface area contributed by atoms with Gasteiger partial charge in [0.25, 0.3) is 0 Å².